The summed E-state index contributed by atoms with van der Waals surface area (Å²) in [5.74, 6) is 2.13. The molecule has 1 aliphatic carbocycles. The van der Waals surface area contributed by atoms with Crippen molar-refractivity contribution in [1.29, 1.82) is 0 Å². The topological polar surface area (TPSA) is 41.5 Å². The molecule has 7 aromatic carbocycles. The summed E-state index contributed by atoms with van der Waals surface area (Å²) in [6, 6.07) is 57.4. The molecule has 0 spiro atoms. The standard InChI is InChI=1S/C54H38N4O/c1-3-46-50(4-2)59-51-34-39(28-30-48(51)57(46)41-21-9-6-10-22-41)38-27-29-47-44(33-38)52-42-23-12-11-18-36(42)26-31-49(52)58(47)54-55-45-25-14-13-24-43(45)53(56-54)40-20-15-19-37(32-40)35-16-7-5-8-17-35/h3-34,44,47H,1-2H2. The summed E-state index contributed by atoms with van der Waals surface area (Å²) in [6.07, 6.45) is 10.6. The summed E-state index contributed by atoms with van der Waals surface area (Å²) in [4.78, 5) is 15.3. The summed E-state index contributed by atoms with van der Waals surface area (Å²) in [6.45, 7) is 8.18. The first-order valence-electron chi connectivity index (χ1n) is 20.0. The van der Waals surface area contributed by atoms with Crippen LogP contribution in [0.3, 0.4) is 0 Å². The molecule has 2 atom stereocenters. The average molecular weight is 759 g/mol. The van der Waals surface area contributed by atoms with Crippen LogP contribution >= 0.6 is 0 Å². The van der Waals surface area contributed by atoms with Crippen molar-refractivity contribution in [3.8, 4) is 28.1 Å². The van der Waals surface area contributed by atoms with E-state index >= 15 is 0 Å². The van der Waals surface area contributed by atoms with Gasteiger partial charge in [-0.05, 0) is 93.2 Å². The lowest BCUT2D eigenvalue weighted by Gasteiger charge is -2.33. The van der Waals surface area contributed by atoms with Crippen molar-refractivity contribution in [2.24, 2.45) is 0 Å². The third-order valence-electron chi connectivity index (χ3n) is 11.7. The number of hydrogen-bond acceptors (Lipinski definition) is 5. The maximum atomic E-state index is 6.53. The Kier molecular flexibility index (Phi) is 8.19. The minimum Gasteiger partial charge on any atom is -0.453 e. The molecular formula is C54H38N4O. The summed E-state index contributed by atoms with van der Waals surface area (Å²) in [7, 11) is 0. The molecule has 0 saturated heterocycles. The zero-order valence-electron chi connectivity index (χ0n) is 32.2. The molecule has 8 aromatic rings. The fourth-order valence-electron chi connectivity index (χ4n) is 9.04. The first kappa shape index (κ1) is 34.5. The number of benzene rings is 7. The second-order valence-corrected chi connectivity index (χ2v) is 15.0. The molecule has 1 aromatic heterocycles. The predicted molar refractivity (Wildman–Crippen MR) is 243 cm³/mol. The summed E-state index contributed by atoms with van der Waals surface area (Å²) in [5, 5.41) is 3.46. The molecule has 3 aliphatic rings. The maximum Gasteiger partial charge on any atom is 0.231 e. The number of nitrogens with zero attached hydrogens (tertiary/aromatic N) is 4. The summed E-state index contributed by atoms with van der Waals surface area (Å²) >= 11 is 0. The minimum atomic E-state index is -0.0443. The summed E-state index contributed by atoms with van der Waals surface area (Å²) in [5.41, 5.74) is 12.6. The highest BCUT2D eigenvalue weighted by Gasteiger charge is 2.41. The Morgan fingerprint density at radius 1 is 0.593 bits per heavy atom. The van der Waals surface area contributed by atoms with Crippen molar-refractivity contribution >= 4 is 50.3 Å². The molecular weight excluding hydrogens is 721 g/mol. The first-order chi connectivity index (χ1) is 29.2. The van der Waals surface area contributed by atoms with E-state index in [-0.39, 0.29) is 12.0 Å². The van der Waals surface area contributed by atoms with Crippen LogP contribution in [0.25, 0.3) is 49.6 Å². The van der Waals surface area contributed by atoms with Crippen LogP contribution < -0.4 is 14.5 Å². The van der Waals surface area contributed by atoms with E-state index in [9.17, 15) is 0 Å². The molecule has 59 heavy (non-hydrogen) atoms. The Labute approximate surface area is 343 Å². The van der Waals surface area contributed by atoms with Gasteiger partial charge in [0.25, 0.3) is 0 Å². The fourth-order valence-corrected chi connectivity index (χ4v) is 9.04. The van der Waals surface area contributed by atoms with Gasteiger partial charge in [-0.2, -0.15) is 0 Å². The van der Waals surface area contributed by atoms with Gasteiger partial charge < -0.3 is 14.5 Å². The lowest BCUT2D eigenvalue weighted by Crippen LogP contribution is -2.30. The molecule has 280 valence electrons. The number of para-hydroxylation sites is 2. The third kappa shape index (κ3) is 5.70. The molecule has 0 bridgehead atoms. The van der Waals surface area contributed by atoms with E-state index in [1.54, 1.807) is 6.08 Å². The molecule has 5 heteroatoms. The molecule has 3 heterocycles. The van der Waals surface area contributed by atoms with Crippen molar-refractivity contribution in [3.05, 3.63) is 230 Å². The van der Waals surface area contributed by atoms with Crippen LogP contribution in [0.4, 0.5) is 23.0 Å². The molecule has 0 amide bonds. The van der Waals surface area contributed by atoms with Gasteiger partial charge in [-0.1, -0.05) is 153 Å². The van der Waals surface area contributed by atoms with Crippen LogP contribution in [0.15, 0.2) is 219 Å². The van der Waals surface area contributed by atoms with Gasteiger partial charge in [0.05, 0.1) is 28.6 Å². The van der Waals surface area contributed by atoms with Crippen LogP contribution in [0, 0.1) is 0 Å². The van der Waals surface area contributed by atoms with Crippen LogP contribution in [0.1, 0.15) is 17.0 Å². The van der Waals surface area contributed by atoms with Gasteiger partial charge in [0.15, 0.2) is 11.5 Å². The lowest BCUT2D eigenvalue weighted by atomic mass is 9.84. The SMILES string of the molecule is C=CC1=C(C=C)N(c2ccccc2)c2ccc(C3=CC4c5c(ccc6ccccc56)N(c5nc(-c6cccc(-c7ccccc7)c6)c6ccccc6n5)C4C=C3)cc2O1. The number of allylic oxidation sites excluding steroid dienone is 4. The van der Waals surface area contributed by atoms with E-state index in [1.807, 2.05) is 24.3 Å². The van der Waals surface area contributed by atoms with Crippen LogP contribution in [-0.4, -0.2) is 16.0 Å². The summed E-state index contributed by atoms with van der Waals surface area (Å²) < 4.78 is 6.53. The molecule has 2 unspecified atom stereocenters. The largest absolute Gasteiger partial charge is 0.453 e. The molecule has 5 nitrogen and oxygen atoms in total. The van der Waals surface area contributed by atoms with E-state index in [4.69, 9.17) is 14.7 Å². The van der Waals surface area contributed by atoms with Crippen molar-refractivity contribution in [2.45, 2.75) is 12.0 Å². The van der Waals surface area contributed by atoms with Crippen molar-refractivity contribution in [3.63, 3.8) is 0 Å². The molecule has 0 fully saturated rings. The Morgan fingerprint density at radius 2 is 1.32 bits per heavy atom. The average Bonchev–Trinajstić information content (AvgIpc) is 3.65. The molecule has 0 radical (unpaired) electrons. The van der Waals surface area contributed by atoms with Crippen LogP contribution in [0.2, 0.25) is 0 Å². The van der Waals surface area contributed by atoms with Gasteiger partial charge in [0.1, 0.15) is 0 Å². The number of hydrogen-bond donors (Lipinski definition) is 0. The number of fused-ring (bicyclic) bond motifs is 7. The Hall–Kier alpha value is -7.76. The highest BCUT2D eigenvalue weighted by Crippen LogP contribution is 2.52. The first-order valence-corrected chi connectivity index (χ1v) is 20.0. The molecule has 11 rings (SSSR count). The third-order valence-corrected chi connectivity index (χ3v) is 11.7. The molecule has 0 saturated carbocycles. The Balaban J connectivity index is 1.04. The van der Waals surface area contributed by atoms with Gasteiger partial charge in [0, 0.05) is 28.2 Å². The number of ether oxygens (including phenoxy) is 1. The van der Waals surface area contributed by atoms with E-state index < -0.39 is 0 Å². The Morgan fingerprint density at radius 3 is 2.15 bits per heavy atom. The van der Waals surface area contributed by atoms with Crippen LogP contribution in [0.5, 0.6) is 5.75 Å². The quantitative estimate of drug-likeness (QED) is 0.162. The lowest BCUT2D eigenvalue weighted by molar-refractivity contribution is 0.431. The fraction of sp³-hybridized carbons (Fsp3) is 0.0370. The number of rotatable bonds is 7. The van der Waals surface area contributed by atoms with Gasteiger partial charge in [0.2, 0.25) is 5.95 Å². The monoisotopic (exact) mass is 758 g/mol. The normalized spacial score (nSPS) is 16.6. The number of aromatic nitrogens is 2. The van der Waals surface area contributed by atoms with Gasteiger partial charge in [-0.25, -0.2) is 9.97 Å². The van der Waals surface area contributed by atoms with Crippen molar-refractivity contribution in [1.82, 2.24) is 9.97 Å². The van der Waals surface area contributed by atoms with E-state index in [2.05, 4.69) is 187 Å². The highest BCUT2D eigenvalue weighted by molar-refractivity contribution is 5.98. The van der Waals surface area contributed by atoms with E-state index in [1.165, 1.54) is 21.9 Å². The van der Waals surface area contributed by atoms with Crippen molar-refractivity contribution < 1.29 is 4.74 Å². The zero-order chi connectivity index (χ0) is 39.5. The molecule has 0 N–H and O–H groups in total. The predicted octanol–water partition coefficient (Wildman–Crippen LogP) is 13.5. The van der Waals surface area contributed by atoms with Gasteiger partial charge in [-0.3, -0.25) is 0 Å². The molecule has 2 aliphatic heterocycles. The second-order valence-electron chi connectivity index (χ2n) is 15.0. The van der Waals surface area contributed by atoms with Crippen LogP contribution in [-0.2, 0) is 0 Å². The minimum absolute atomic E-state index is 0.0322. The van der Waals surface area contributed by atoms with E-state index in [0.29, 0.717) is 11.7 Å². The smallest absolute Gasteiger partial charge is 0.231 e. The van der Waals surface area contributed by atoms with Crippen molar-refractivity contribution in [2.75, 3.05) is 9.80 Å². The maximum absolute atomic E-state index is 6.53. The number of anilines is 4. The Bertz CT molecular complexity index is 3090. The second kappa shape index (κ2) is 14.0. The van der Waals surface area contributed by atoms with Gasteiger partial charge in [-0.15, -0.1) is 0 Å². The highest BCUT2D eigenvalue weighted by atomic mass is 16.5. The zero-order valence-corrected chi connectivity index (χ0v) is 32.2. The van der Waals surface area contributed by atoms with E-state index in [0.717, 1.165) is 67.4 Å². The van der Waals surface area contributed by atoms with Gasteiger partial charge >= 0.3 is 0 Å².